The number of oxime groups is 1. The van der Waals surface area contributed by atoms with E-state index in [4.69, 9.17) is 5.21 Å². The Bertz CT molecular complexity index is 587. The van der Waals surface area contributed by atoms with Gasteiger partial charge in [0.15, 0.2) is 0 Å². The van der Waals surface area contributed by atoms with E-state index < -0.39 is 10.0 Å². The van der Waals surface area contributed by atoms with E-state index in [1.54, 1.807) is 31.2 Å². The van der Waals surface area contributed by atoms with Crippen LogP contribution in [0, 0.1) is 5.41 Å². The molecule has 0 aliphatic rings. The number of hydrogen-bond donors (Lipinski definition) is 2. The molecule has 0 saturated heterocycles. The Kier molecular flexibility index (Phi) is 5.16. The Morgan fingerprint density at radius 3 is 2.55 bits per heavy atom. The standard InChI is InChI=1S/C14H22N2O3S/c1-11(15-17)12-6-5-7-13(10-12)16-20(18,19)9-8-14(2,3)4/h5-7,10,16-17H,8-9H2,1-4H3/b15-11-. The Hall–Kier alpha value is -1.56. The molecule has 0 aromatic heterocycles. The molecule has 0 radical (unpaired) electrons. The summed E-state index contributed by atoms with van der Waals surface area (Å²) in [6, 6.07) is 6.78. The normalized spacial score (nSPS) is 13.3. The topological polar surface area (TPSA) is 78.8 Å². The van der Waals surface area contributed by atoms with Crippen molar-refractivity contribution >= 4 is 21.4 Å². The van der Waals surface area contributed by atoms with Crippen molar-refractivity contribution in [3.8, 4) is 0 Å². The molecule has 0 aliphatic heterocycles. The van der Waals surface area contributed by atoms with Crippen LogP contribution in [0.15, 0.2) is 29.4 Å². The average Bonchev–Trinajstić information content (AvgIpc) is 2.35. The molecule has 20 heavy (non-hydrogen) atoms. The lowest BCUT2D eigenvalue weighted by molar-refractivity contribution is 0.319. The van der Waals surface area contributed by atoms with Gasteiger partial charge in [-0.2, -0.15) is 0 Å². The van der Waals surface area contributed by atoms with Gasteiger partial charge in [0.05, 0.1) is 11.5 Å². The van der Waals surface area contributed by atoms with Gasteiger partial charge >= 0.3 is 0 Å². The highest BCUT2D eigenvalue weighted by Crippen LogP contribution is 2.20. The highest BCUT2D eigenvalue weighted by molar-refractivity contribution is 7.92. The third kappa shape index (κ3) is 5.61. The van der Waals surface area contributed by atoms with Gasteiger partial charge in [-0.3, -0.25) is 4.72 Å². The molecule has 0 unspecified atom stereocenters. The summed E-state index contributed by atoms with van der Waals surface area (Å²) >= 11 is 0. The van der Waals surface area contributed by atoms with Gasteiger partial charge in [0.1, 0.15) is 0 Å². The van der Waals surface area contributed by atoms with Crippen molar-refractivity contribution in [3.63, 3.8) is 0 Å². The molecule has 2 N–H and O–H groups in total. The fourth-order valence-electron chi connectivity index (χ4n) is 1.54. The van der Waals surface area contributed by atoms with E-state index in [0.717, 1.165) is 0 Å². The molecule has 0 saturated carbocycles. The lowest BCUT2D eigenvalue weighted by atomic mass is 9.94. The molecule has 0 bridgehead atoms. The van der Waals surface area contributed by atoms with Crippen LogP contribution in [0.3, 0.4) is 0 Å². The summed E-state index contributed by atoms with van der Waals surface area (Å²) in [5.41, 5.74) is 1.54. The van der Waals surface area contributed by atoms with E-state index in [0.29, 0.717) is 23.4 Å². The minimum Gasteiger partial charge on any atom is -0.411 e. The SMILES string of the molecule is C/C(=N/O)c1cccc(NS(=O)(=O)CCC(C)(C)C)c1. The summed E-state index contributed by atoms with van der Waals surface area (Å²) < 4.78 is 26.6. The predicted molar refractivity (Wildman–Crippen MR) is 81.9 cm³/mol. The van der Waals surface area contributed by atoms with Crippen molar-refractivity contribution in [2.24, 2.45) is 10.6 Å². The molecule has 0 atom stereocenters. The molecule has 0 aliphatic carbocycles. The van der Waals surface area contributed by atoms with Crippen molar-refractivity contribution in [2.45, 2.75) is 34.1 Å². The quantitative estimate of drug-likeness (QED) is 0.498. The van der Waals surface area contributed by atoms with Crippen LogP contribution in [-0.4, -0.2) is 25.1 Å². The van der Waals surface area contributed by atoms with Gasteiger partial charge in [0.2, 0.25) is 10.0 Å². The molecule has 112 valence electrons. The number of nitrogens with zero attached hydrogens (tertiary/aromatic N) is 1. The third-order valence-corrected chi connectivity index (χ3v) is 4.11. The van der Waals surface area contributed by atoms with E-state index in [9.17, 15) is 8.42 Å². The Morgan fingerprint density at radius 2 is 2.00 bits per heavy atom. The Labute approximate surface area is 120 Å². The summed E-state index contributed by atoms with van der Waals surface area (Å²) in [4.78, 5) is 0. The molecule has 0 heterocycles. The van der Waals surface area contributed by atoms with Gasteiger partial charge in [0.25, 0.3) is 0 Å². The summed E-state index contributed by atoms with van der Waals surface area (Å²) in [6.07, 6.45) is 0.582. The summed E-state index contributed by atoms with van der Waals surface area (Å²) in [6.45, 7) is 7.66. The van der Waals surface area contributed by atoms with Gasteiger partial charge in [-0.15, -0.1) is 0 Å². The van der Waals surface area contributed by atoms with Crippen molar-refractivity contribution in [1.82, 2.24) is 0 Å². The number of nitrogens with one attached hydrogen (secondary N) is 1. The van der Waals surface area contributed by atoms with E-state index in [2.05, 4.69) is 9.88 Å². The minimum atomic E-state index is -3.37. The fourth-order valence-corrected chi connectivity index (χ4v) is 3.01. The number of hydrogen-bond acceptors (Lipinski definition) is 4. The van der Waals surface area contributed by atoms with Crippen molar-refractivity contribution in [1.29, 1.82) is 0 Å². The monoisotopic (exact) mass is 298 g/mol. The molecule has 6 heteroatoms. The molecule has 1 aromatic rings. The van der Waals surface area contributed by atoms with Crippen LogP contribution in [0.2, 0.25) is 0 Å². The number of benzene rings is 1. The van der Waals surface area contributed by atoms with E-state index >= 15 is 0 Å². The lowest BCUT2D eigenvalue weighted by Crippen LogP contribution is -2.21. The number of sulfonamides is 1. The maximum atomic E-state index is 12.0. The van der Waals surface area contributed by atoms with E-state index in [-0.39, 0.29) is 11.2 Å². The second kappa shape index (κ2) is 6.26. The number of rotatable bonds is 5. The van der Waals surface area contributed by atoms with Crippen LogP contribution in [0.5, 0.6) is 0 Å². The first-order valence-electron chi connectivity index (χ1n) is 6.42. The largest absolute Gasteiger partial charge is 0.411 e. The second-order valence-corrected chi connectivity index (χ2v) is 7.84. The third-order valence-electron chi connectivity index (χ3n) is 2.82. The summed E-state index contributed by atoms with van der Waals surface area (Å²) in [7, 11) is -3.37. The second-order valence-electron chi connectivity index (χ2n) is 6.00. The highest BCUT2D eigenvalue weighted by Gasteiger charge is 2.17. The van der Waals surface area contributed by atoms with Crippen LogP contribution in [-0.2, 0) is 10.0 Å². The van der Waals surface area contributed by atoms with Crippen LogP contribution in [0.1, 0.15) is 39.7 Å². The van der Waals surface area contributed by atoms with Crippen LogP contribution >= 0.6 is 0 Å². The van der Waals surface area contributed by atoms with Gasteiger partial charge in [-0.25, -0.2) is 8.42 Å². The molecule has 0 amide bonds. The lowest BCUT2D eigenvalue weighted by Gasteiger charge is -2.18. The van der Waals surface area contributed by atoms with Crippen molar-refractivity contribution in [2.75, 3.05) is 10.5 Å². The molecular formula is C14H22N2O3S. The minimum absolute atomic E-state index is 0.0310. The maximum absolute atomic E-state index is 12.0. The Morgan fingerprint density at radius 1 is 1.35 bits per heavy atom. The predicted octanol–water partition coefficient (Wildman–Crippen LogP) is 3.06. The van der Waals surface area contributed by atoms with E-state index in [1.165, 1.54) is 0 Å². The Balaban J connectivity index is 2.83. The fraction of sp³-hybridized carbons (Fsp3) is 0.500. The summed E-state index contributed by atoms with van der Waals surface area (Å²) in [5, 5.41) is 11.8. The molecule has 1 aromatic carbocycles. The van der Waals surface area contributed by atoms with Gasteiger partial charge in [-0.05, 0) is 30.9 Å². The molecule has 1 rings (SSSR count). The van der Waals surface area contributed by atoms with Crippen molar-refractivity contribution < 1.29 is 13.6 Å². The van der Waals surface area contributed by atoms with Crippen LogP contribution < -0.4 is 4.72 Å². The zero-order chi connectivity index (χ0) is 15.4. The maximum Gasteiger partial charge on any atom is 0.232 e. The van der Waals surface area contributed by atoms with Crippen LogP contribution in [0.4, 0.5) is 5.69 Å². The first kappa shape index (κ1) is 16.5. The zero-order valence-corrected chi connectivity index (χ0v) is 13.2. The molecular weight excluding hydrogens is 276 g/mol. The highest BCUT2D eigenvalue weighted by atomic mass is 32.2. The van der Waals surface area contributed by atoms with Gasteiger partial charge < -0.3 is 5.21 Å². The van der Waals surface area contributed by atoms with Gasteiger partial charge in [0, 0.05) is 11.3 Å². The molecule has 0 spiro atoms. The molecule has 5 nitrogen and oxygen atoms in total. The zero-order valence-electron chi connectivity index (χ0n) is 12.3. The smallest absolute Gasteiger partial charge is 0.232 e. The van der Waals surface area contributed by atoms with E-state index in [1.807, 2.05) is 20.8 Å². The van der Waals surface area contributed by atoms with Crippen molar-refractivity contribution in [3.05, 3.63) is 29.8 Å². The first-order chi connectivity index (χ1) is 9.13. The first-order valence-corrected chi connectivity index (χ1v) is 8.08. The summed E-state index contributed by atoms with van der Waals surface area (Å²) in [5.74, 6) is 0.0772. The van der Waals surface area contributed by atoms with Gasteiger partial charge in [-0.1, -0.05) is 38.1 Å². The number of anilines is 1. The van der Waals surface area contributed by atoms with Crippen LogP contribution in [0.25, 0.3) is 0 Å². The molecule has 0 fully saturated rings. The average molecular weight is 298 g/mol.